The van der Waals surface area contributed by atoms with Crippen LogP contribution in [0.15, 0.2) is 48.7 Å². The zero-order valence-corrected chi connectivity index (χ0v) is 17.1. The van der Waals surface area contributed by atoms with E-state index in [2.05, 4.69) is 33.4 Å². The summed E-state index contributed by atoms with van der Waals surface area (Å²) < 4.78 is 0. The number of anilines is 3. The van der Waals surface area contributed by atoms with Gasteiger partial charge < -0.3 is 15.1 Å². The molecule has 1 saturated heterocycles. The summed E-state index contributed by atoms with van der Waals surface area (Å²) >= 11 is 0. The lowest BCUT2D eigenvalue weighted by atomic mass is 10.0. The van der Waals surface area contributed by atoms with Crippen LogP contribution in [0.3, 0.4) is 0 Å². The van der Waals surface area contributed by atoms with Crippen LogP contribution in [0.4, 0.5) is 17.5 Å². The maximum Gasteiger partial charge on any atom is 0.228 e. The Morgan fingerprint density at radius 3 is 2.62 bits per heavy atom. The zero-order valence-electron chi connectivity index (χ0n) is 17.1. The molecule has 0 saturated carbocycles. The van der Waals surface area contributed by atoms with Gasteiger partial charge in [-0.25, -0.2) is 4.98 Å². The summed E-state index contributed by atoms with van der Waals surface area (Å²) in [5.41, 5.74) is 1.65. The molecular weight excluding hydrogens is 362 g/mol. The molecule has 0 atom stereocenters. The number of amides is 1. The fourth-order valence-electron chi connectivity index (χ4n) is 3.85. The van der Waals surface area contributed by atoms with Gasteiger partial charge in [0, 0.05) is 27.2 Å². The van der Waals surface area contributed by atoms with Gasteiger partial charge in [0.15, 0.2) is 5.82 Å². The Bertz CT molecular complexity index is 1010. The molecule has 29 heavy (non-hydrogen) atoms. The van der Waals surface area contributed by atoms with E-state index in [1.807, 2.05) is 43.3 Å². The normalized spacial score (nSPS) is 14.1. The minimum atomic E-state index is -0.0706. The van der Waals surface area contributed by atoms with E-state index in [9.17, 15) is 4.79 Å². The van der Waals surface area contributed by atoms with Crippen LogP contribution in [0.25, 0.3) is 10.8 Å². The van der Waals surface area contributed by atoms with Crippen LogP contribution in [0.5, 0.6) is 0 Å². The predicted molar refractivity (Wildman–Crippen MR) is 119 cm³/mol. The van der Waals surface area contributed by atoms with Crippen LogP contribution in [-0.4, -0.2) is 43.1 Å². The van der Waals surface area contributed by atoms with Gasteiger partial charge in [-0.05, 0) is 35.6 Å². The van der Waals surface area contributed by atoms with Crippen molar-refractivity contribution < 1.29 is 4.79 Å². The second kappa shape index (κ2) is 8.47. The third-order valence-corrected chi connectivity index (χ3v) is 5.32. The predicted octanol–water partition coefficient (Wildman–Crippen LogP) is 3.87. The highest BCUT2D eigenvalue weighted by Gasteiger charge is 2.18. The maximum absolute atomic E-state index is 12.8. The van der Waals surface area contributed by atoms with Crippen molar-refractivity contribution in [2.45, 2.75) is 25.7 Å². The molecule has 1 aliphatic rings. The smallest absolute Gasteiger partial charge is 0.228 e. The SMILES string of the molecule is CN(C)c1nc(N2CCCCC2)ncc1NC(=O)Cc1cccc2ccccc12. The summed E-state index contributed by atoms with van der Waals surface area (Å²) in [6.07, 6.45) is 5.64. The van der Waals surface area contributed by atoms with Crippen LogP contribution in [0.2, 0.25) is 0 Å². The second-order valence-electron chi connectivity index (χ2n) is 7.71. The van der Waals surface area contributed by atoms with E-state index < -0.39 is 0 Å². The van der Waals surface area contributed by atoms with E-state index >= 15 is 0 Å². The first-order chi connectivity index (χ1) is 14.1. The Morgan fingerprint density at radius 2 is 1.83 bits per heavy atom. The number of hydrogen-bond acceptors (Lipinski definition) is 5. The number of hydrogen-bond donors (Lipinski definition) is 1. The Morgan fingerprint density at radius 1 is 1.07 bits per heavy atom. The molecule has 0 bridgehead atoms. The lowest BCUT2D eigenvalue weighted by Crippen LogP contribution is -2.31. The topological polar surface area (TPSA) is 61.4 Å². The first-order valence-corrected chi connectivity index (χ1v) is 10.2. The fourth-order valence-corrected chi connectivity index (χ4v) is 3.85. The highest BCUT2D eigenvalue weighted by molar-refractivity contribution is 5.97. The fraction of sp³-hybridized carbons (Fsp3) is 0.348. The molecule has 6 heteroatoms. The number of fused-ring (bicyclic) bond motifs is 1. The van der Waals surface area contributed by atoms with Gasteiger partial charge >= 0.3 is 0 Å². The average molecular weight is 390 g/mol. The monoisotopic (exact) mass is 389 g/mol. The Kier molecular flexibility index (Phi) is 5.60. The first kappa shape index (κ1) is 19.2. The molecule has 0 spiro atoms. The molecule has 150 valence electrons. The first-order valence-electron chi connectivity index (χ1n) is 10.2. The summed E-state index contributed by atoms with van der Waals surface area (Å²) in [7, 11) is 3.87. The lowest BCUT2D eigenvalue weighted by molar-refractivity contribution is -0.115. The van der Waals surface area contributed by atoms with Crippen molar-refractivity contribution in [2.75, 3.05) is 42.3 Å². The van der Waals surface area contributed by atoms with Crippen molar-refractivity contribution in [3.05, 3.63) is 54.2 Å². The highest BCUT2D eigenvalue weighted by Crippen LogP contribution is 2.26. The zero-order chi connectivity index (χ0) is 20.2. The van der Waals surface area contributed by atoms with E-state index in [1.165, 1.54) is 19.3 Å². The van der Waals surface area contributed by atoms with Crippen LogP contribution < -0.4 is 15.1 Å². The van der Waals surface area contributed by atoms with Crippen LogP contribution in [-0.2, 0) is 11.2 Å². The summed E-state index contributed by atoms with van der Waals surface area (Å²) in [5, 5.41) is 5.26. The van der Waals surface area contributed by atoms with E-state index in [0.717, 1.165) is 41.2 Å². The molecule has 2 aromatic carbocycles. The Hall–Kier alpha value is -3.15. The molecule has 6 nitrogen and oxygen atoms in total. The number of piperidine rings is 1. The maximum atomic E-state index is 12.8. The molecule has 0 radical (unpaired) electrons. The Labute approximate surface area is 171 Å². The van der Waals surface area contributed by atoms with E-state index in [-0.39, 0.29) is 5.91 Å². The summed E-state index contributed by atoms with van der Waals surface area (Å²) in [6.45, 7) is 1.97. The molecule has 1 fully saturated rings. The van der Waals surface area contributed by atoms with Gasteiger partial charge in [0.1, 0.15) is 5.69 Å². The highest BCUT2D eigenvalue weighted by atomic mass is 16.1. The molecular formula is C23H27N5O. The molecule has 3 aromatic rings. The third-order valence-electron chi connectivity index (χ3n) is 5.32. The molecule has 4 rings (SSSR count). The molecule has 0 unspecified atom stereocenters. The number of carbonyl (C=O) groups is 1. The summed E-state index contributed by atoms with van der Waals surface area (Å²) in [6, 6.07) is 14.2. The van der Waals surface area contributed by atoms with E-state index in [0.29, 0.717) is 12.1 Å². The molecule has 2 heterocycles. The third kappa shape index (κ3) is 4.31. The second-order valence-corrected chi connectivity index (χ2v) is 7.71. The van der Waals surface area contributed by atoms with Crippen molar-refractivity contribution in [1.29, 1.82) is 0 Å². The molecule has 0 aliphatic carbocycles. The van der Waals surface area contributed by atoms with Gasteiger partial charge in [-0.2, -0.15) is 4.98 Å². The van der Waals surface area contributed by atoms with Gasteiger partial charge in [-0.1, -0.05) is 42.5 Å². The number of nitrogens with one attached hydrogen (secondary N) is 1. The van der Waals surface area contributed by atoms with Crippen LogP contribution >= 0.6 is 0 Å². The van der Waals surface area contributed by atoms with Gasteiger partial charge in [-0.15, -0.1) is 0 Å². The van der Waals surface area contributed by atoms with Crippen molar-refractivity contribution in [1.82, 2.24) is 9.97 Å². The lowest BCUT2D eigenvalue weighted by Gasteiger charge is -2.28. The number of rotatable bonds is 5. The number of aromatic nitrogens is 2. The van der Waals surface area contributed by atoms with Crippen molar-refractivity contribution in [3.63, 3.8) is 0 Å². The summed E-state index contributed by atoms with van der Waals surface area (Å²) in [4.78, 5) is 26.2. The standard InChI is InChI=1S/C23H27N5O/c1-27(2)22-20(16-24-23(26-22)28-13-6-3-7-14-28)25-21(29)15-18-11-8-10-17-9-4-5-12-19(17)18/h4-5,8-12,16H,3,6-7,13-15H2,1-2H3,(H,25,29). The van der Waals surface area contributed by atoms with Crippen LogP contribution in [0.1, 0.15) is 24.8 Å². The van der Waals surface area contributed by atoms with Gasteiger partial charge in [-0.3, -0.25) is 4.79 Å². The minimum Gasteiger partial charge on any atom is -0.361 e. The van der Waals surface area contributed by atoms with Crippen molar-refractivity contribution in [2.24, 2.45) is 0 Å². The number of nitrogens with zero attached hydrogens (tertiary/aromatic N) is 4. The van der Waals surface area contributed by atoms with Gasteiger partial charge in [0.2, 0.25) is 11.9 Å². The van der Waals surface area contributed by atoms with Crippen LogP contribution in [0, 0.1) is 0 Å². The van der Waals surface area contributed by atoms with E-state index in [4.69, 9.17) is 4.98 Å². The summed E-state index contributed by atoms with van der Waals surface area (Å²) in [5.74, 6) is 1.39. The van der Waals surface area contributed by atoms with Gasteiger partial charge in [0.25, 0.3) is 0 Å². The molecule has 1 aromatic heterocycles. The Balaban J connectivity index is 1.54. The average Bonchev–Trinajstić information content (AvgIpc) is 2.75. The van der Waals surface area contributed by atoms with Crippen molar-refractivity contribution in [3.8, 4) is 0 Å². The number of benzene rings is 2. The minimum absolute atomic E-state index is 0.0706. The largest absolute Gasteiger partial charge is 0.361 e. The number of carbonyl (C=O) groups excluding carboxylic acids is 1. The van der Waals surface area contributed by atoms with Crippen molar-refractivity contribution >= 4 is 34.1 Å². The molecule has 1 aliphatic heterocycles. The molecule has 1 amide bonds. The van der Waals surface area contributed by atoms with Gasteiger partial charge in [0.05, 0.1) is 12.6 Å². The molecule has 1 N–H and O–H groups in total. The quantitative estimate of drug-likeness (QED) is 0.718. The van der Waals surface area contributed by atoms with E-state index in [1.54, 1.807) is 6.20 Å².